The van der Waals surface area contributed by atoms with Crippen LogP contribution in [0.2, 0.25) is 0 Å². The maximum Gasteiger partial charge on any atom is 0.0755 e. The number of hydrogen-bond donors (Lipinski definition) is 1. The van der Waals surface area contributed by atoms with E-state index in [4.69, 9.17) is 4.74 Å². The van der Waals surface area contributed by atoms with E-state index in [1.807, 2.05) is 0 Å². The van der Waals surface area contributed by atoms with Crippen LogP contribution in [0.5, 0.6) is 0 Å². The van der Waals surface area contributed by atoms with Gasteiger partial charge in [0.05, 0.1) is 12.2 Å². The van der Waals surface area contributed by atoms with Crippen molar-refractivity contribution in [2.24, 2.45) is 0 Å². The van der Waals surface area contributed by atoms with Crippen molar-refractivity contribution in [3.63, 3.8) is 0 Å². The SMILES string of the molecule is CCCNCc1ccc(N2CC3CCC(C2)O3)cc1C. The standard InChI is InChI=1S/C17H26N2O/c1-3-8-18-10-14-4-5-15(9-13(14)2)19-11-16-6-7-17(12-19)20-16/h4-5,9,16-18H,3,6-8,10-12H2,1-2H3. The minimum Gasteiger partial charge on any atom is -0.371 e. The first kappa shape index (κ1) is 13.9. The molecule has 2 atom stereocenters. The average molecular weight is 274 g/mol. The summed E-state index contributed by atoms with van der Waals surface area (Å²) in [6.07, 6.45) is 4.58. The maximum atomic E-state index is 5.92. The highest BCUT2D eigenvalue weighted by Crippen LogP contribution is 2.30. The molecular formula is C17H26N2O. The van der Waals surface area contributed by atoms with Gasteiger partial charge in [0.15, 0.2) is 0 Å². The van der Waals surface area contributed by atoms with E-state index in [2.05, 4.69) is 42.3 Å². The van der Waals surface area contributed by atoms with Crippen molar-refractivity contribution in [2.75, 3.05) is 24.5 Å². The van der Waals surface area contributed by atoms with Gasteiger partial charge in [0.1, 0.15) is 0 Å². The van der Waals surface area contributed by atoms with Gasteiger partial charge < -0.3 is 15.0 Å². The first-order valence-electron chi connectivity index (χ1n) is 7.97. The summed E-state index contributed by atoms with van der Waals surface area (Å²) in [5.41, 5.74) is 4.17. The van der Waals surface area contributed by atoms with Crippen LogP contribution in [0.4, 0.5) is 5.69 Å². The van der Waals surface area contributed by atoms with E-state index < -0.39 is 0 Å². The summed E-state index contributed by atoms with van der Waals surface area (Å²) in [7, 11) is 0. The molecule has 20 heavy (non-hydrogen) atoms. The molecule has 2 aliphatic heterocycles. The molecule has 2 heterocycles. The van der Waals surface area contributed by atoms with Crippen molar-refractivity contribution in [3.8, 4) is 0 Å². The van der Waals surface area contributed by atoms with Crippen molar-refractivity contribution in [2.45, 2.75) is 51.9 Å². The summed E-state index contributed by atoms with van der Waals surface area (Å²) < 4.78 is 5.92. The van der Waals surface area contributed by atoms with Crippen molar-refractivity contribution in [3.05, 3.63) is 29.3 Å². The van der Waals surface area contributed by atoms with Crippen LogP contribution in [0.1, 0.15) is 37.3 Å². The normalized spacial score (nSPS) is 25.2. The lowest BCUT2D eigenvalue weighted by Crippen LogP contribution is -2.42. The lowest BCUT2D eigenvalue weighted by atomic mass is 10.1. The zero-order chi connectivity index (χ0) is 13.9. The smallest absolute Gasteiger partial charge is 0.0755 e. The fraction of sp³-hybridized carbons (Fsp3) is 0.647. The Labute approximate surface area is 122 Å². The molecule has 3 nitrogen and oxygen atoms in total. The van der Waals surface area contributed by atoms with Gasteiger partial charge in [-0.05, 0) is 56.0 Å². The Bertz CT molecular complexity index is 448. The van der Waals surface area contributed by atoms with Crippen LogP contribution < -0.4 is 10.2 Å². The first-order valence-corrected chi connectivity index (χ1v) is 7.97. The van der Waals surface area contributed by atoms with E-state index >= 15 is 0 Å². The second-order valence-electron chi connectivity index (χ2n) is 6.15. The van der Waals surface area contributed by atoms with E-state index in [1.165, 1.54) is 36.1 Å². The number of rotatable bonds is 5. The fourth-order valence-electron chi connectivity index (χ4n) is 3.30. The van der Waals surface area contributed by atoms with Gasteiger partial charge in [-0.15, -0.1) is 0 Å². The molecule has 2 bridgehead atoms. The summed E-state index contributed by atoms with van der Waals surface area (Å²) in [5, 5.41) is 3.48. The Morgan fingerprint density at radius 1 is 1.25 bits per heavy atom. The summed E-state index contributed by atoms with van der Waals surface area (Å²) in [6.45, 7) is 8.62. The molecule has 1 aromatic carbocycles. The van der Waals surface area contributed by atoms with Crippen molar-refractivity contribution < 1.29 is 4.74 Å². The third-order valence-corrected chi connectivity index (χ3v) is 4.48. The lowest BCUT2D eigenvalue weighted by molar-refractivity contribution is 0.0305. The molecule has 3 rings (SSSR count). The number of hydrogen-bond acceptors (Lipinski definition) is 3. The molecule has 0 aromatic heterocycles. The number of anilines is 1. The van der Waals surface area contributed by atoms with Crippen LogP contribution in [0.15, 0.2) is 18.2 Å². The Hall–Kier alpha value is -1.06. The second kappa shape index (κ2) is 6.15. The average Bonchev–Trinajstić information content (AvgIpc) is 2.79. The topological polar surface area (TPSA) is 24.5 Å². The number of nitrogens with zero attached hydrogens (tertiary/aromatic N) is 1. The van der Waals surface area contributed by atoms with Gasteiger partial charge in [0.2, 0.25) is 0 Å². The number of fused-ring (bicyclic) bond motifs is 2. The molecule has 0 saturated carbocycles. The van der Waals surface area contributed by atoms with Crippen LogP contribution in [-0.4, -0.2) is 31.8 Å². The van der Waals surface area contributed by atoms with Crippen LogP contribution in [0.3, 0.4) is 0 Å². The Morgan fingerprint density at radius 2 is 2.00 bits per heavy atom. The molecule has 2 saturated heterocycles. The Kier molecular flexibility index (Phi) is 4.27. The van der Waals surface area contributed by atoms with Crippen LogP contribution in [0, 0.1) is 6.92 Å². The molecule has 0 amide bonds. The van der Waals surface area contributed by atoms with Crippen molar-refractivity contribution in [1.82, 2.24) is 5.32 Å². The van der Waals surface area contributed by atoms with Gasteiger partial charge in [0.25, 0.3) is 0 Å². The van der Waals surface area contributed by atoms with Gasteiger partial charge in [-0.2, -0.15) is 0 Å². The Balaban J connectivity index is 1.67. The van der Waals surface area contributed by atoms with E-state index in [0.29, 0.717) is 12.2 Å². The maximum absolute atomic E-state index is 5.92. The summed E-state index contributed by atoms with van der Waals surface area (Å²) >= 11 is 0. The van der Waals surface area contributed by atoms with Gasteiger partial charge in [0, 0.05) is 25.3 Å². The Morgan fingerprint density at radius 3 is 2.65 bits per heavy atom. The number of morpholine rings is 1. The minimum atomic E-state index is 0.458. The monoisotopic (exact) mass is 274 g/mol. The number of ether oxygens (including phenoxy) is 1. The summed E-state index contributed by atoms with van der Waals surface area (Å²) in [5.74, 6) is 0. The fourth-order valence-corrected chi connectivity index (χ4v) is 3.30. The molecule has 0 aliphatic carbocycles. The first-order chi connectivity index (χ1) is 9.76. The molecule has 2 fully saturated rings. The molecule has 0 spiro atoms. The quantitative estimate of drug-likeness (QED) is 0.836. The van der Waals surface area contributed by atoms with Crippen molar-refractivity contribution >= 4 is 5.69 Å². The van der Waals surface area contributed by atoms with Gasteiger partial charge in [-0.3, -0.25) is 0 Å². The minimum absolute atomic E-state index is 0.458. The number of nitrogens with one attached hydrogen (secondary N) is 1. The van der Waals surface area contributed by atoms with Crippen LogP contribution in [0.25, 0.3) is 0 Å². The predicted molar refractivity (Wildman–Crippen MR) is 83.3 cm³/mol. The molecule has 0 radical (unpaired) electrons. The van der Waals surface area contributed by atoms with Gasteiger partial charge >= 0.3 is 0 Å². The molecular weight excluding hydrogens is 248 g/mol. The van der Waals surface area contributed by atoms with E-state index in [1.54, 1.807) is 0 Å². The van der Waals surface area contributed by atoms with Crippen molar-refractivity contribution in [1.29, 1.82) is 0 Å². The third-order valence-electron chi connectivity index (χ3n) is 4.48. The highest BCUT2D eigenvalue weighted by Gasteiger charge is 2.33. The number of aryl methyl sites for hydroxylation is 1. The van der Waals surface area contributed by atoms with Crippen LogP contribution in [-0.2, 0) is 11.3 Å². The molecule has 2 unspecified atom stereocenters. The molecule has 1 aromatic rings. The molecule has 2 aliphatic rings. The van der Waals surface area contributed by atoms with E-state index in [9.17, 15) is 0 Å². The second-order valence-corrected chi connectivity index (χ2v) is 6.15. The zero-order valence-corrected chi connectivity index (χ0v) is 12.7. The molecule has 110 valence electrons. The third kappa shape index (κ3) is 2.99. The number of benzene rings is 1. The van der Waals surface area contributed by atoms with Gasteiger partial charge in [-0.25, -0.2) is 0 Å². The van der Waals surface area contributed by atoms with E-state index in [-0.39, 0.29) is 0 Å². The molecule has 1 N–H and O–H groups in total. The summed E-state index contributed by atoms with van der Waals surface area (Å²) in [6, 6.07) is 6.90. The zero-order valence-electron chi connectivity index (χ0n) is 12.7. The molecule has 3 heteroatoms. The predicted octanol–water partition coefficient (Wildman–Crippen LogP) is 2.86. The van der Waals surface area contributed by atoms with Gasteiger partial charge in [-0.1, -0.05) is 13.0 Å². The lowest BCUT2D eigenvalue weighted by Gasteiger charge is -2.34. The van der Waals surface area contributed by atoms with Crippen LogP contribution >= 0.6 is 0 Å². The highest BCUT2D eigenvalue weighted by molar-refractivity contribution is 5.51. The largest absolute Gasteiger partial charge is 0.371 e. The summed E-state index contributed by atoms with van der Waals surface area (Å²) in [4.78, 5) is 2.50. The highest BCUT2D eigenvalue weighted by atomic mass is 16.5. The van der Waals surface area contributed by atoms with E-state index in [0.717, 1.165) is 26.2 Å².